The number of hydrogen-bond donors (Lipinski definition) is 2. The minimum atomic E-state index is -3.89. The summed E-state index contributed by atoms with van der Waals surface area (Å²) in [6, 6.07) is 9.68. The van der Waals surface area contributed by atoms with Crippen LogP contribution in [0.1, 0.15) is 39.6 Å². The van der Waals surface area contributed by atoms with Crippen molar-refractivity contribution in [3.8, 4) is 0 Å². The van der Waals surface area contributed by atoms with Crippen LogP contribution in [0.4, 0.5) is 5.69 Å². The third-order valence-corrected chi connectivity index (χ3v) is 5.28. The van der Waals surface area contributed by atoms with Crippen molar-refractivity contribution in [2.24, 2.45) is 5.14 Å². The summed E-state index contributed by atoms with van der Waals surface area (Å²) in [7, 11) is -3.89. The van der Waals surface area contributed by atoms with Crippen LogP contribution in [0.3, 0.4) is 0 Å². The van der Waals surface area contributed by atoms with Gasteiger partial charge in [0.05, 0.1) is 16.9 Å². The van der Waals surface area contributed by atoms with Crippen LogP contribution in [0, 0.1) is 13.8 Å². The zero-order valence-electron chi connectivity index (χ0n) is 14.3. The monoisotopic (exact) mass is 374 g/mol. The summed E-state index contributed by atoms with van der Waals surface area (Å²) < 4.78 is 28.4. The molecule has 0 bridgehead atoms. The van der Waals surface area contributed by atoms with E-state index < -0.39 is 28.0 Å². The van der Waals surface area contributed by atoms with E-state index in [1.54, 1.807) is 38.1 Å². The molecule has 0 radical (unpaired) electrons. The molecule has 1 heterocycles. The maximum absolute atomic E-state index is 12.4. The highest BCUT2D eigenvalue weighted by molar-refractivity contribution is 7.89. The van der Waals surface area contributed by atoms with Gasteiger partial charge in [0, 0.05) is 11.3 Å². The van der Waals surface area contributed by atoms with Crippen LogP contribution >= 0.6 is 0 Å². The van der Waals surface area contributed by atoms with Gasteiger partial charge in [-0.15, -0.1) is 0 Å². The average Bonchev–Trinajstić information content (AvgIpc) is 2.87. The quantitative estimate of drug-likeness (QED) is 0.796. The largest absolute Gasteiger partial charge is 0.453 e. The highest BCUT2D eigenvalue weighted by Gasteiger charge is 2.32. The Balaban J connectivity index is 1.82. The Labute approximate surface area is 151 Å². The van der Waals surface area contributed by atoms with Crippen LogP contribution in [0.5, 0.6) is 0 Å². The Morgan fingerprint density at radius 2 is 1.92 bits per heavy atom. The lowest BCUT2D eigenvalue weighted by molar-refractivity contribution is -0.118. The number of benzene rings is 2. The molecule has 0 fully saturated rings. The lowest BCUT2D eigenvalue weighted by Crippen LogP contribution is -2.18. The molecule has 2 aromatic carbocycles. The van der Waals surface area contributed by atoms with Crippen molar-refractivity contribution >= 4 is 27.6 Å². The Kier molecular flexibility index (Phi) is 4.55. The van der Waals surface area contributed by atoms with Gasteiger partial charge in [-0.25, -0.2) is 18.4 Å². The van der Waals surface area contributed by atoms with Crippen LogP contribution in [-0.4, -0.2) is 20.3 Å². The van der Waals surface area contributed by atoms with Crippen molar-refractivity contribution in [1.82, 2.24) is 0 Å². The number of nitrogens with one attached hydrogen (secondary N) is 1. The molecule has 0 saturated carbocycles. The van der Waals surface area contributed by atoms with Crippen LogP contribution in [0.15, 0.2) is 41.3 Å². The van der Waals surface area contributed by atoms with E-state index in [-0.39, 0.29) is 11.3 Å². The third kappa shape index (κ3) is 3.47. The number of amides is 1. The molecule has 1 atom stereocenters. The molecule has 1 amide bonds. The van der Waals surface area contributed by atoms with Gasteiger partial charge in [-0.3, -0.25) is 4.79 Å². The molecule has 1 aliphatic heterocycles. The molecule has 0 spiro atoms. The maximum atomic E-state index is 12.4. The number of hydrogen-bond acceptors (Lipinski definition) is 5. The lowest BCUT2D eigenvalue weighted by atomic mass is 10.0. The summed E-state index contributed by atoms with van der Waals surface area (Å²) in [6.07, 6.45) is -0.734. The zero-order chi connectivity index (χ0) is 19.1. The van der Waals surface area contributed by atoms with Gasteiger partial charge in [-0.1, -0.05) is 18.2 Å². The first-order chi connectivity index (χ1) is 12.2. The fourth-order valence-corrected chi connectivity index (χ4v) is 3.48. The highest BCUT2D eigenvalue weighted by Crippen LogP contribution is 2.33. The van der Waals surface area contributed by atoms with E-state index in [4.69, 9.17) is 9.88 Å². The number of rotatable bonds is 4. The number of primary sulfonamides is 1. The molecule has 2 aromatic rings. The van der Waals surface area contributed by atoms with Crippen molar-refractivity contribution < 1.29 is 22.7 Å². The first kappa shape index (κ1) is 18.1. The molecule has 136 valence electrons. The summed E-state index contributed by atoms with van der Waals surface area (Å²) in [5, 5.41) is 7.86. The molecule has 3 rings (SSSR count). The standard InChI is InChI=1S/C18H18N2O5S/c1-10-7-12(26(19,23)24)8-15(11(10)2)20-17(21)9-16-13-5-3-4-6-14(13)18(22)25-16/h3-8,16H,9H2,1-2H3,(H,20,21)(H2,19,23,24). The Bertz CT molecular complexity index is 1010. The number of aryl methyl sites for hydroxylation is 1. The van der Waals surface area contributed by atoms with Gasteiger partial charge in [0.1, 0.15) is 6.10 Å². The summed E-state index contributed by atoms with van der Waals surface area (Å²) in [6.45, 7) is 3.50. The molecule has 1 aliphatic rings. The van der Waals surface area contributed by atoms with Crippen LogP contribution in [-0.2, 0) is 19.6 Å². The fourth-order valence-electron chi connectivity index (χ4n) is 2.86. The molecule has 26 heavy (non-hydrogen) atoms. The topological polar surface area (TPSA) is 116 Å². The smallest absolute Gasteiger partial charge is 0.339 e. The average molecular weight is 374 g/mol. The van der Waals surface area contributed by atoms with E-state index >= 15 is 0 Å². The Morgan fingerprint density at radius 3 is 2.62 bits per heavy atom. The van der Waals surface area contributed by atoms with E-state index in [1.807, 2.05) is 0 Å². The van der Waals surface area contributed by atoms with E-state index in [2.05, 4.69) is 5.32 Å². The highest BCUT2D eigenvalue weighted by atomic mass is 32.2. The van der Waals surface area contributed by atoms with Crippen molar-refractivity contribution in [3.63, 3.8) is 0 Å². The number of esters is 1. The fraction of sp³-hybridized carbons (Fsp3) is 0.222. The second kappa shape index (κ2) is 6.54. The maximum Gasteiger partial charge on any atom is 0.339 e. The summed E-state index contributed by atoms with van der Waals surface area (Å²) in [5.74, 6) is -0.852. The summed E-state index contributed by atoms with van der Waals surface area (Å²) in [4.78, 5) is 24.2. The second-order valence-corrected chi connectivity index (χ2v) is 7.75. The van der Waals surface area contributed by atoms with Crippen molar-refractivity contribution in [1.29, 1.82) is 0 Å². The van der Waals surface area contributed by atoms with E-state index in [0.717, 1.165) is 5.56 Å². The normalized spacial score (nSPS) is 16.1. The van der Waals surface area contributed by atoms with Gasteiger partial charge in [0.15, 0.2) is 0 Å². The minimum Gasteiger partial charge on any atom is -0.453 e. The second-order valence-electron chi connectivity index (χ2n) is 6.19. The molecular formula is C18H18N2O5S. The van der Waals surface area contributed by atoms with E-state index in [1.165, 1.54) is 12.1 Å². The number of carbonyl (C=O) groups excluding carboxylic acids is 2. The van der Waals surface area contributed by atoms with E-state index in [9.17, 15) is 18.0 Å². The van der Waals surface area contributed by atoms with Crippen LogP contribution in [0.25, 0.3) is 0 Å². The molecular weight excluding hydrogens is 356 g/mol. The molecule has 0 aromatic heterocycles. The number of sulfonamides is 1. The summed E-state index contributed by atoms with van der Waals surface area (Å²) in [5.41, 5.74) is 2.89. The lowest BCUT2D eigenvalue weighted by Gasteiger charge is -2.15. The van der Waals surface area contributed by atoms with Gasteiger partial charge >= 0.3 is 5.97 Å². The van der Waals surface area contributed by atoms with Gasteiger partial charge in [-0.05, 0) is 43.2 Å². The van der Waals surface area contributed by atoms with Crippen molar-refractivity contribution in [2.75, 3.05) is 5.32 Å². The Morgan fingerprint density at radius 1 is 1.23 bits per heavy atom. The first-order valence-corrected chi connectivity index (χ1v) is 9.45. The Hall–Kier alpha value is -2.71. The predicted octanol–water partition coefficient (Wildman–Crippen LogP) is 2.19. The SMILES string of the molecule is Cc1cc(S(N)(=O)=O)cc(NC(=O)CC2OC(=O)c3ccccc32)c1C. The minimum absolute atomic E-state index is 0.0686. The zero-order valence-corrected chi connectivity index (χ0v) is 15.1. The van der Waals surface area contributed by atoms with Crippen LogP contribution < -0.4 is 10.5 Å². The number of ether oxygens (including phenoxy) is 1. The molecule has 0 aliphatic carbocycles. The number of carbonyl (C=O) groups is 2. The number of nitrogens with two attached hydrogens (primary N) is 1. The van der Waals surface area contributed by atoms with Gasteiger partial charge in [0.25, 0.3) is 0 Å². The first-order valence-electron chi connectivity index (χ1n) is 7.90. The van der Waals surface area contributed by atoms with Gasteiger partial charge in [-0.2, -0.15) is 0 Å². The molecule has 3 N–H and O–H groups in total. The third-order valence-electron chi connectivity index (χ3n) is 4.39. The van der Waals surface area contributed by atoms with E-state index in [0.29, 0.717) is 22.4 Å². The molecule has 8 heteroatoms. The number of cyclic esters (lactones) is 1. The predicted molar refractivity (Wildman–Crippen MR) is 95.1 cm³/mol. The van der Waals surface area contributed by atoms with Crippen molar-refractivity contribution in [2.45, 2.75) is 31.3 Å². The molecule has 0 saturated heterocycles. The molecule has 1 unspecified atom stereocenters. The molecule has 7 nitrogen and oxygen atoms in total. The van der Waals surface area contributed by atoms with Gasteiger partial charge < -0.3 is 10.1 Å². The number of fused-ring (bicyclic) bond motifs is 1. The van der Waals surface area contributed by atoms with Gasteiger partial charge in [0.2, 0.25) is 15.9 Å². The van der Waals surface area contributed by atoms with Crippen molar-refractivity contribution in [3.05, 3.63) is 58.7 Å². The number of anilines is 1. The van der Waals surface area contributed by atoms with Crippen LogP contribution in [0.2, 0.25) is 0 Å². The summed E-state index contributed by atoms with van der Waals surface area (Å²) >= 11 is 0.